The van der Waals surface area contributed by atoms with Gasteiger partial charge in [0.1, 0.15) is 11.6 Å². The molecule has 17 heavy (non-hydrogen) atoms. The number of pyridine rings is 1. The second-order valence-corrected chi connectivity index (χ2v) is 4.68. The molecule has 0 unspecified atom stereocenters. The molecule has 0 fully saturated rings. The van der Waals surface area contributed by atoms with E-state index < -0.39 is 0 Å². The highest BCUT2D eigenvalue weighted by Gasteiger charge is 2.09. The van der Waals surface area contributed by atoms with Crippen LogP contribution in [0.2, 0.25) is 0 Å². The maximum Gasteiger partial charge on any atom is 0.129 e. The quantitative estimate of drug-likeness (QED) is 0.859. The zero-order chi connectivity index (χ0) is 12.3. The van der Waals surface area contributed by atoms with Gasteiger partial charge in [0.05, 0.1) is 18.5 Å². The van der Waals surface area contributed by atoms with Gasteiger partial charge in [-0.05, 0) is 54.0 Å². The first-order chi connectivity index (χ1) is 8.20. The van der Waals surface area contributed by atoms with Crippen LogP contribution in [0.3, 0.4) is 0 Å². The fraction of sp³-hybridized carbons (Fsp3) is 0.308. The second-order valence-electron chi connectivity index (χ2n) is 3.83. The van der Waals surface area contributed by atoms with Crippen LogP contribution in [-0.2, 0) is 6.54 Å². The third-order valence-electron chi connectivity index (χ3n) is 2.64. The van der Waals surface area contributed by atoms with E-state index in [-0.39, 0.29) is 0 Å². The topological polar surface area (TPSA) is 29.3 Å². The lowest BCUT2D eigenvalue weighted by Crippen LogP contribution is -2.22. The van der Waals surface area contributed by atoms with Gasteiger partial charge in [-0.25, -0.2) is 4.98 Å². The molecule has 0 atom stereocenters. The minimum Gasteiger partial charge on any atom is -0.467 e. The van der Waals surface area contributed by atoms with Crippen LogP contribution >= 0.6 is 15.9 Å². The number of furan rings is 1. The lowest BCUT2D eigenvalue weighted by atomic mass is 10.3. The number of hydrogen-bond acceptors (Lipinski definition) is 3. The van der Waals surface area contributed by atoms with E-state index in [2.05, 4.69) is 32.7 Å². The van der Waals surface area contributed by atoms with Crippen molar-refractivity contribution in [1.29, 1.82) is 0 Å². The third-order valence-corrected chi connectivity index (χ3v) is 3.48. The smallest absolute Gasteiger partial charge is 0.129 e. The van der Waals surface area contributed by atoms with Gasteiger partial charge in [0, 0.05) is 11.0 Å². The zero-order valence-electron chi connectivity index (χ0n) is 9.98. The van der Waals surface area contributed by atoms with E-state index >= 15 is 0 Å². The summed E-state index contributed by atoms with van der Waals surface area (Å²) in [6.45, 7) is 5.75. The number of rotatable bonds is 4. The SMILES string of the molecule is CCN(Cc1ccco1)c1ccc(Br)c(C)n1. The van der Waals surface area contributed by atoms with E-state index in [0.29, 0.717) is 0 Å². The Morgan fingerprint density at radius 2 is 2.18 bits per heavy atom. The first-order valence-electron chi connectivity index (χ1n) is 5.61. The van der Waals surface area contributed by atoms with Crippen LogP contribution in [0.1, 0.15) is 18.4 Å². The van der Waals surface area contributed by atoms with E-state index in [1.165, 1.54) is 0 Å². The van der Waals surface area contributed by atoms with Gasteiger partial charge < -0.3 is 9.32 Å². The number of hydrogen-bond donors (Lipinski definition) is 0. The van der Waals surface area contributed by atoms with E-state index in [1.54, 1.807) is 6.26 Å². The van der Waals surface area contributed by atoms with Crippen molar-refractivity contribution in [1.82, 2.24) is 4.98 Å². The Balaban J connectivity index is 2.20. The first-order valence-corrected chi connectivity index (χ1v) is 6.40. The number of aryl methyl sites for hydroxylation is 1. The van der Waals surface area contributed by atoms with Gasteiger partial charge in [0.25, 0.3) is 0 Å². The van der Waals surface area contributed by atoms with Crippen LogP contribution in [0.25, 0.3) is 0 Å². The van der Waals surface area contributed by atoms with Crippen molar-refractivity contribution in [3.05, 3.63) is 46.5 Å². The summed E-state index contributed by atoms with van der Waals surface area (Å²) in [7, 11) is 0. The Morgan fingerprint density at radius 3 is 2.76 bits per heavy atom. The molecule has 2 rings (SSSR count). The van der Waals surface area contributed by atoms with Crippen LogP contribution in [0.5, 0.6) is 0 Å². The molecule has 0 N–H and O–H groups in total. The third kappa shape index (κ3) is 2.88. The largest absolute Gasteiger partial charge is 0.467 e. The lowest BCUT2D eigenvalue weighted by Gasteiger charge is -2.21. The summed E-state index contributed by atoms with van der Waals surface area (Å²) in [5, 5.41) is 0. The molecule has 3 nitrogen and oxygen atoms in total. The maximum absolute atomic E-state index is 5.36. The predicted molar refractivity (Wildman–Crippen MR) is 72.1 cm³/mol. The minimum atomic E-state index is 0.748. The average molecular weight is 295 g/mol. The Kier molecular flexibility index (Phi) is 3.84. The summed E-state index contributed by atoms with van der Waals surface area (Å²) in [6, 6.07) is 7.93. The highest BCUT2D eigenvalue weighted by atomic mass is 79.9. The van der Waals surface area contributed by atoms with Gasteiger partial charge in [-0.1, -0.05) is 0 Å². The highest BCUT2D eigenvalue weighted by Crippen LogP contribution is 2.20. The van der Waals surface area contributed by atoms with Crippen molar-refractivity contribution in [2.24, 2.45) is 0 Å². The molecule has 0 radical (unpaired) electrons. The minimum absolute atomic E-state index is 0.748. The molecule has 0 aliphatic carbocycles. The van der Waals surface area contributed by atoms with E-state index in [0.717, 1.165) is 34.8 Å². The molecule has 2 aromatic rings. The summed E-state index contributed by atoms with van der Waals surface area (Å²) < 4.78 is 6.40. The predicted octanol–water partition coefficient (Wildman–Crippen LogP) is 3.77. The Morgan fingerprint density at radius 1 is 1.35 bits per heavy atom. The van der Waals surface area contributed by atoms with Gasteiger partial charge in [0.2, 0.25) is 0 Å². The van der Waals surface area contributed by atoms with Gasteiger partial charge in [-0.3, -0.25) is 0 Å². The van der Waals surface area contributed by atoms with Crippen LogP contribution < -0.4 is 4.90 Å². The standard InChI is InChI=1S/C13H15BrN2O/c1-3-16(9-11-5-4-8-17-11)13-7-6-12(14)10(2)15-13/h4-8H,3,9H2,1-2H3. The monoisotopic (exact) mass is 294 g/mol. The molecule has 0 bridgehead atoms. The van der Waals surface area contributed by atoms with Crippen LogP contribution in [-0.4, -0.2) is 11.5 Å². The molecule has 0 spiro atoms. The molecule has 2 heterocycles. The summed E-state index contributed by atoms with van der Waals surface area (Å²) in [5.41, 5.74) is 1.00. The number of anilines is 1. The van der Waals surface area contributed by atoms with Crippen molar-refractivity contribution in [3.8, 4) is 0 Å². The number of halogens is 1. The first kappa shape index (κ1) is 12.2. The lowest BCUT2D eigenvalue weighted by molar-refractivity contribution is 0.503. The number of nitrogens with zero attached hydrogens (tertiary/aromatic N) is 2. The molecule has 0 aliphatic heterocycles. The van der Waals surface area contributed by atoms with Crippen LogP contribution in [0, 0.1) is 6.92 Å². The summed E-state index contributed by atoms with van der Waals surface area (Å²) in [5.74, 6) is 1.93. The van der Waals surface area contributed by atoms with Crippen LogP contribution in [0.4, 0.5) is 5.82 Å². The van der Waals surface area contributed by atoms with Gasteiger partial charge in [-0.15, -0.1) is 0 Å². The van der Waals surface area contributed by atoms with Crippen LogP contribution in [0.15, 0.2) is 39.4 Å². The molecular weight excluding hydrogens is 280 g/mol. The summed E-state index contributed by atoms with van der Waals surface area (Å²) >= 11 is 3.46. The average Bonchev–Trinajstić information content (AvgIpc) is 2.82. The van der Waals surface area contributed by atoms with Crippen molar-refractivity contribution in [2.75, 3.05) is 11.4 Å². The van der Waals surface area contributed by atoms with E-state index in [1.807, 2.05) is 31.2 Å². The molecule has 90 valence electrons. The molecular formula is C13H15BrN2O. The Hall–Kier alpha value is -1.29. The molecule has 0 aliphatic rings. The summed E-state index contributed by atoms with van der Waals surface area (Å²) in [6.07, 6.45) is 1.70. The van der Waals surface area contributed by atoms with Crippen molar-refractivity contribution in [3.63, 3.8) is 0 Å². The second kappa shape index (κ2) is 5.36. The molecule has 0 amide bonds. The normalized spacial score (nSPS) is 10.5. The molecule has 0 aromatic carbocycles. The fourth-order valence-electron chi connectivity index (χ4n) is 1.65. The van der Waals surface area contributed by atoms with Crippen molar-refractivity contribution < 1.29 is 4.42 Å². The molecule has 4 heteroatoms. The highest BCUT2D eigenvalue weighted by molar-refractivity contribution is 9.10. The maximum atomic E-state index is 5.36. The van der Waals surface area contributed by atoms with Gasteiger partial charge in [-0.2, -0.15) is 0 Å². The van der Waals surface area contributed by atoms with E-state index in [9.17, 15) is 0 Å². The fourth-order valence-corrected chi connectivity index (χ4v) is 1.87. The molecule has 0 saturated carbocycles. The number of aromatic nitrogens is 1. The van der Waals surface area contributed by atoms with Crippen molar-refractivity contribution in [2.45, 2.75) is 20.4 Å². The zero-order valence-corrected chi connectivity index (χ0v) is 11.6. The summed E-state index contributed by atoms with van der Waals surface area (Å²) in [4.78, 5) is 6.74. The molecule has 0 saturated heterocycles. The molecule has 2 aromatic heterocycles. The Labute approximate surface area is 110 Å². The van der Waals surface area contributed by atoms with Gasteiger partial charge >= 0.3 is 0 Å². The van der Waals surface area contributed by atoms with Gasteiger partial charge in [0.15, 0.2) is 0 Å². The van der Waals surface area contributed by atoms with Crippen molar-refractivity contribution >= 4 is 21.7 Å². The van der Waals surface area contributed by atoms with E-state index in [4.69, 9.17) is 4.42 Å². The Bertz CT molecular complexity index is 482.